The highest BCUT2D eigenvalue weighted by Crippen LogP contribution is 2.34. The Hall–Kier alpha value is -3.58. The largest absolute Gasteiger partial charge is 0.506 e. The number of pyridine rings is 1. The van der Waals surface area contributed by atoms with E-state index in [2.05, 4.69) is 31.0 Å². The number of aryl methyl sites for hydroxylation is 1. The Morgan fingerprint density at radius 1 is 1.41 bits per heavy atom. The molecule has 136 valence electrons. The van der Waals surface area contributed by atoms with Crippen molar-refractivity contribution < 1.29 is 14.6 Å². The predicted octanol–water partition coefficient (Wildman–Crippen LogP) is 4.56. The minimum atomic E-state index is -0.680. The molecule has 0 saturated heterocycles. The number of anilines is 1. The zero-order valence-electron chi connectivity index (χ0n) is 14.4. The fourth-order valence-corrected chi connectivity index (χ4v) is 2.85. The fraction of sp³-hybridized carbons (Fsp3) is 0.176. The van der Waals surface area contributed by atoms with Crippen molar-refractivity contribution in [3.05, 3.63) is 35.5 Å². The average Bonchev–Trinajstić information content (AvgIpc) is 3.03. The summed E-state index contributed by atoms with van der Waals surface area (Å²) in [5, 5.41) is 30.8. The van der Waals surface area contributed by atoms with E-state index in [0.717, 1.165) is 11.5 Å². The second-order valence-corrected chi connectivity index (χ2v) is 6.09. The van der Waals surface area contributed by atoms with Crippen molar-refractivity contribution in [2.75, 3.05) is 11.9 Å². The fourth-order valence-electron chi connectivity index (χ4n) is 2.21. The molecule has 1 amide bonds. The highest BCUT2D eigenvalue weighted by atomic mass is 32.1. The van der Waals surface area contributed by atoms with Gasteiger partial charge in [-0.3, -0.25) is 5.32 Å². The lowest BCUT2D eigenvalue weighted by molar-refractivity contribution is 0.168. The van der Waals surface area contributed by atoms with E-state index in [9.17, 15) is 9.90 Å². The highest BCUT2D eigenvalue weighted by molar-refractivity contribution is 7.11. The minimum absolute atomic E-state index is 0.122. The first-order valence-electron chi connectivity index (χ1n) is 7.87. The Kier molecular flexibility index (Phi) is 5.23. The molecule has 9 nitrogen and oxygen atoms in total. The van der Waals surface area contributed by atoms with Gasteiger partial charge in [0.25, 0.3) is 0 Å². The third-order valence-corrected chi connectivity index (χ3v) is 4.25. The molecular formula is C17H14N6O3S. The Labute approximate surface area is 158 Å². The number of nitriles is 1. The van der Waals surface area contributed by atoms with Gasteiger partial charge < -0.3 is 9.84 Å². The molecule has 10 heteroatoms. The van der Waals surface area contributed by atoms with Crippen molar-refractivity contribution in [2.45, 2.75) is 13.8 Å². The number of nitrogens with one attached hydrogen (secondary N) is 1. The third-order valence-electron chi connectivity index (χ3n) is 3.51. The SMILES string of the molecule is CCOC(=O)Nc1cc(N=Nc2snc3nc(C)c(C#N)cc23)ccc1O. The number of hydrogen-bond acceptors (Lipinski definition) is 9. The lowest BCUT2D eigenvalue weighted by Crippen LogP contribution is -2.13. The maximum absolute atomic E-state index is 11.5. The molecule has 2 aromatic heterocycles. The van der Waals surface area contributed by atoms with Gasteiger partial charge >= 0.3 is 6.09 Å². The van der Waals surface area contributed by atoms with E-state index in [1.54, 1.807) is 26.0 Å². The summed E-state index contributed by atoms with van der Waals surface area (Å²) in [6.45, 7) is 3.63. The van der Waals surface area contributed by atoms with Crippen LogP contribution in [0, 0.1) is 18.3 Å². The number of aromatic hydroxyl groups is 1. The molecule has 0 aliphatic rings. The molecule has 3 rings (SSSR count). The molecule has 0 unspecified atom stereocenters. The molecule has 27 heavy (non-hydrogen) atoms. The number of phenolic OH excluding ortho intramolecular Hbond substituents is 1. The van der Waals surface area contributed by atoms with Gasteiger partial charge in [0.2, 0.25) is 0 Å². The second-order valence-electron chi connectivity index (χ2n) is 5.34. The Morgan fingerprint density at radius 2 is 2.22 bits per heavy atom. The van der Waals surface area contributed by atoms with Gasteiger partial charge in [0.1, 0.15) is 11.8 Å². The number of azo groups is 1. The summed E-state index contributed by atoms with van der Waals surface area (Å²) in [6, 6.07) is 8.16. The maximum atomic E-state index is 11.5. The standard InChI is InChI=1S/C17H14N6O3S/c1-3-26-17(25)20-13-7-11(4-5-14(13)24)21-22-16-12-6-10(8-18)9(2)19-15(12)23-27-16/h4-7,24H,3H2,1-2H3,(H,20,25). The van der Waals surface area contributed by atoms with Gasteiger partial charge in [0.15, 0.2) is 10.6 Å². The van der Waals surface area contributed by atoms with E-state index < -0.39 is 6.09 Å². The maximum Gasteiger partial charge on any atom is 0.411 e. The summed E-state index contributed by atoms with van der Waals surface area (Å²) in [5.74, 6) is -0.122. The smallest absolute Gasteiger partial charge is 0.411 e. The molecule has 0 bridgehead atoms. The molecule has 0 aliphatic heterocycles. The average molecular weight is 382 g/mol. The Bertz CT molecular complexity index is 1090. The van der Waals surface area contributed by atoms with E-state index in [1.807, 2.05) is 0 Å². The van der Waals surface area contributed by atoms with Crippen LogP contribution in [0.3, 0.4) is 0 Å². The van der Waals surface area contributed by atoms with Crippen LogP contribution in [-0.4, -0.2) is 27.2 Å². The normalized spacial score (nSPS) is 10.9. The molecule has 0 atom stereocenters. The van der Waals surface area contributed by atoms with Crippen LogP contribution in [-0.2, 0) is 4.74 Å². The van der Waals surface area contributed by atoms with Crippen LogP contribution in [0.5, 0.6) is 5.75 Å². The van der Waals surface area contributed by atoms with Gasteiger partial charge in [-0.1, -0.05) is 0 Å². The lowest BCUT2D eigenvalue weighted by Gasteiger charge is -2.07. The van der Waals surface area contributed by atoms with Crippen molar-refractivity contribution in [1.82, 2.24) is 9.36 Å². The zero-order chi connectivity index (χ0) is 19.4. The predicted molar refractivity (Wildman–Crippen MR) is 99.8 cm³/mol. The number of aromatic nitrogens is 2. The quantitative estimate of drug-likeness (QED) is 0.502. The summed E-state index contributed by atoms with van der Waals surface area (Å²) in [4.78, 5) is 15.8. The van der Waals surface area contributed by atoms with Gasteiger partial charge in [-0.15, -0.1) is 10.2 Å². The van der Waals surface area contributed by atoms with E-state index in [0.29, 0.717) is 33.0 Å². The minimum Gasteiger partial charge on any atom is -0.506 e. The van der Waals surface area contributed by atoms with Crippen LogP contribution in [0.25, 0.3) is 11.0 Å². The number of hydrogen-bond donors (Lipinski definition) is 2. The molecule has 1 aromatic carbocycles. The summed E-state index contributed by atoms with van der Waals surface area (Å²) >= 11 is 1.11. The number of ether oxygens (including phenoxy) is 1. The van der Waals surface area contributed by atoms with Gasteiger partial charge in [-0.25, -0.2) is 9.78 Å². The van der Waals surface area contributed by atoms with Crippen LogP contribution in [0.2, 0.25) is 0 Å². The summed E-state index contributed by atoms with van der Waals surface area (Å²) in [5.41, 5.74) is 2.11. The number of carbonyl (C=O) groups excluding carboxylic acids is 1. The number of amides is 1. The van der Waals surface area contributed by atoms with Crippen molar-refractivity contribution >= 4 is 45.0 Å². The molecule has 0 aliphatic carbocycles. The summed E-state index contributed by atoms with van der Waals surface area (Å²) in [7, 11) is 0. The van der Waals surface area contributed by atoms with Crippen molar-refractivity contribution in [3.63, 3.8) is 0 Å². The van der Waals surface area contributed by atoms with Crippen molar-refractivity contribution in [1.29, 1.82) is 5.26 Å². The highest BCUT2D eigenvalue weighted by Gasteiger charge is 2.11. The Morgan fingerprint density at radius 3 is 2.96 bits per heavy atom. The molecule has 2 N–H and O–H groups in total. The third kappa shape index (κ3) is 3.99. The van der Waals surface area contributed by atoms with Crippen LogP contribution in [0.1, 0.15) is 18.2 Å². The number of benzene rings is 1. The molecule has 0 radical (unpaired) electrons. The molecule has 0 spiro atoms. The number of carbonyl (C=O) groups is 1. The first-order valence-corrected chi connectivity index (χ1v) is 8.64. The first-order chi connectivity index (χ1) is 13.0. The van der Waals surface area contributed by atoms with Gasteiger partial charge in [0.05, 0.1) is 34.6 Å². The zero-order valence-corrected chi connectivity index (χ0v) is 15.2. The number of rotatable bonds is 4. The number of nitrogens with zero attached hydrogens (tertiary/aromatic N) is 5. The molecule has 0 fully saturated rings. The van der Waals surface area contributed by atoms with Crippen LogP contribution >= 0.6 is 11.5 Å². The van der Waals surface area contributed by atoms with Gasteiger partial charge in [0, 0.05) is 0 Å². The van der Waals surface area contributed by atoms with E-state index in [-0.39, 0.29) is 18.0 Å². The lowest BCUT2D eigenvalue weighted by atomic mass is 10.2. The Balaban J connectivity index is 1.89. The van der Waals surface area contributed by atoms with Crippen LogP contribution < -0.4 is 5.32 Å². The first kappa shape index (κ1) is 18.2. The molecule has 3 aromatic rings. The van der Waals surface area contributed by atoms with Gasteiger partial charge in [-0.2, -0.15) is 9.64 Å². The second kappa shape index (κ2) is 7.76. The van der Waals surface area contributed by atoms with E-state index in [1.165, 1.54) is 12.1 Å². The van der Waals surface area contributed by atoms with Crippen LogP contribution in [0.15, 0.2) is 34.5 Å². The number of fused-ring (bicyclic) bond motifs is 1. The van der Waals surface area contributed by atoms with Gasteiger partial charge in [-0.05, 0) is 49.6 Å². The molecular weight excluding hydrogens is 368 g/mol. The van der Waals surface area contributed by atoms with E-state index in [4.69, 9.17) is 10.00 Å². The topological polar surface area (TPSA) is 133 Å². The molecule has 0 saturated carbocycles. The van der Waals surface area contributed by atoms with Crippen molar-refractivity contribution in [2.24, 2.45) is 10.2 Å². The number of phenols is 1. The summed E-state index contributed by atoms with van der Waals surface area (Å²) in [6.07, 6.45) is -0.680. The van der Waals surface area contributed by atoms with Crippen molar-refractivity contribution in [3.8, 4) is 11.8 Å². The monoisotopic (exact) mass is 382 g/mol. The summed E-state index contributed by atoms with van der Waals surface area (Å²) < 4.78 is 9.00. The van der Waals surface area contributed by atoms with Crippen LogP contribution in [0.4, 0.5) is 21.2 Å². The molecule has 2 heterocycles. The van der Waals surface area contributed by atoms with E-state index >= 15 is 0 Å².